The standard InChI is InChI=1S/C13H10N4O3S/c1-7-2-4-8(5-3-7)9-6-21-13(14-9)17-12(20)15-10(16-17)11(18)19/h2-6H,1H3,(H,18,19)(H,15,16,20). The average Bonchev–Trinajstić information content (AvgIpc) is 3.06. The van der Waals surface area contributed by atoms with Crippen LogP contribution < -0.4 is 5.69 Å². The van der Waals surface area contributed by atoms with Crippen molar-refractivity contribution in [2.75, 3.05) is 0 Å². The first-order valence-corrected chi connectivity index (χ1v) is 6.88. The second-order valence-electron chi connectivity index (χ2n) is 4.38. The van der Waals surface area contributed by atoms with Gasteiger partial charge in [0.05, 0.1) is 5.69 Å². The molecule has 0 spiro atoms. The quantitative estimate of drug-likeness (QED) is 0.766. The molecule has 1 aromatic carbocycles. The number of rotatable bonds is 3. The predicted octanol–water partition coefficient (Wildman–Crippen LogP) is 1.69. The van der Waals surface area contributed by atoms with Crippen LogP contribution in [0, 0.1) is 6.92 Å². The van der Waals surface area contributed by atoms with Crippen LogP contribution in [0.4, 0.5) is 0 Å². The summed E-state index contributed by atoms with van der Waals surface area (Å²) >= 11 is 1.22. The Hall–Kier alpha value is -2.74. The zero-order chi connectivity index (χ0) is 15.0. The number of hydrogen-bond acceptors (Lipinski definition) is 5. The monoisotopic (exact) mass is 302 g/mol. The number of benzene rings is 1. The maximum absolute atomic E-state index is 11.7. The van der Waals surface area contributed by atoms with E-state index in [2.05, 4.69) is 15.1 Å². The minimum absolute atomic E-state index is 0.319. The fourth-order valence-electron chi connectivity index (χ4n) is 1.77. The van der Waals surface area contributed by atoms with Crippen LogP contribution in [0.25, 0.3) is 16.4 Å². The number of H-pyrrole nitrogens is 1. The summed E-state index contributed by atoms with van der Waals surface area (Å²) in [6.45, 7) is 1.99. The van der Waals surface area contributed by atoms with E-state index in [0.717, 1.165) is 15.8 Å². The Balaban J connectivity index is 2.00. The van der Waals surface area contributed by atoms with Crippen LogP contribution in [0.2, 0.25) is 0 Å². The fourth-order valence-corrected chi connectivity index (χ4v) is 2.55. The summed E-state index contributed by atoms with van der Waals surface area (Å²) in [6.07, 6.45) is 0. The lowest BCUT2D eigenvalue weighted by atomic mass is 10.1. The van der Waals surface area contributed by atoms with Gasteiger partial charge in [-0.1, -0.05) is 29.8 Å². The molecule has 21 heavy (non-hydrogen) atoms. The Bertz CT molecular complexity index is 860. The summed E-state index contributed by atoms with van der Waals surface area (Å²) in [4.78, 5) is 29.0. The van der Waals surface area contributed by atoms with Crippen molar-refractivity contribution in [3.8, 4) is 16.4 Å². The van der Waals surface area contributed by atoms with E-state index in [9.17, 15) is 9.59 Å². The number of aromatic carboxylic acids is 1. The molecule has 3 rings (SSSR count). The van der Waals surface area contributed by atoms with Gasteiger partial charge in [0.15, 0.2) is 0 Å². The molecule has 0 radical (unpaired) electrons. The molecule has 0 aliphatic rings. The molecule has 3 aromatic rings. The maximum atomic E-state index is 11.7. The third kappa shape index (κ3) is 2.48. The number of carbonyl (C=O) groups is 1. The molecule has 0 bridgehead atoms. The van der Waals surface area contributed by atoms with Crippen molar-refractivity contribution in [3.63, 3.8) is 0 Å². The summed E-state index contributed by atoms with van der Waals surface area (Å²) < 4.78 is 0.950. The zero-order valence-electron chi connectivity index (χ0n) is 10.9. The molecule has 0 aliphatic heterocycles. The average molecular weight is 302 g/mol. The number of aromatic nitrogens is 4. The van der Waals surface area contributed by atoms with Crippen molar-refractivity contribution in [2.45, 2.75) is 6.92 Å². The van der Waals surface area contributed by atoms with Crippen LogP contribution in [0.5, 0.6) is 0 Å². The third-order valence-electron chi connectivity index (χ3n) is 2.84. The van der Waals surface area contributed by atoms with E-state index in [1.807, 2.05) is 31.2 Å². The minimum Gasteiger partial charge on any atom is -0.475 e. The van der Waals surface area contributed by atoms with Gasteiger partial charge in [-0.3, -0.25) is 4.98 Å². The number of thiazole rings is 1. The predicted molar refractivity (Wildman–Crippen MR) is 77.0 cm³/mol. The molecule has 106 valence electrons. The first-order chi connectivity index (χ1) is 10.0. The summed E-state index contributed by atoms with van der Waals surface area (Å²) in [5, 5.41) is 14.6. The molecule has 0 aliphatic carbocycles. The number of nitrogens with zero attached hydrogens (tertiary/aromatic N) is 3. The van der Waals surface area contributed by atoms with Gasteiger partial charge >= 0.3 is 11.7 Å². The Morgan fingerprint density at radius 2 is 2.05 bits per heavy atom. The van der Waals surface area contributed by atoms with Gasteiger partial charge in [-0.15, -0.1) is 16.4 Å². The molecule has 8 heteroatoms. The number of carboxylic acids is 1. The topological polar surface area (TPSA) is 101 Å². The number of aromatic amines is 1. The van der Waals surface area contributed by atoms with Crippen LogP contribution in [-0.2, 0) is 0 Å². The zero-order valence-corrected chi connectivity index (χ0v) is 11.7. The number of nitrogens with one attached hydrogen (secondary N) is 1. The summed E-state index contributed by atoms with van der Waals surface area (Å²) in [5.74, 6) is -1.70. The molecule has 0 amide bonds. The molecule has 0 unspecified atom stereocenters. The highest BCUT2D eigenvalue weighted by Crippen LogP contribution is 2.23. The molecule has 2 aromatic heterocycles. The molecule has 0 saturated heterocycles. The Morgan fingerprint density at radius 1 is 1.33 bits per heavy atom. The Morgan fingerprint density at radius 3 is 2.67 bits per heavy atom. The van der Waals surface area contributed by atoms with Crippen molar-refractivity contribution < 1.29 is 9.90 Å². The van der Waals surface area contributed by atoms with E-state index in [-0.39, 0.29) is 0 Å². The van der Waals surface area contributed by atoms with Crippen molar-refractivity contribution in [3.05, 3.63) is 51.5 Å². The van der Waals surface area contributed by atoms with Crippen LogP contribution in [-0.4, -0.2) is 30.8 Å². The second kappa shape index (κ2) is 4.98. The Labute approximate surface area is 122 Å². The highest BCUT2D eigenvalue weighted by atomic mass is 32.1. The first-order valence-electron chi connectivity index (χ1n) is 6.00. The van der Waals surface area contributed by atoms with Crippen molar-refractivity contribution >= 4 is 17.3 Å². The van der Waals surface area contributed by atoms with Crippen molar-refractivity contribution in [1.82, 2.24) is 19.7 Å². The van der Waals surface area contributed by atoms with Gasteiger partial charge in [0.2, 0.25) is 11.0 Å². The third-order valence-corrected chi connectivity index (χ3v) is 3.66. The van der Waals surface area contributed by atoms with Crippen molar-refractivity contribution in [1.29, 1.82) is 0 Å². The fraction of sp³-hybridized carbons (Fsp3) is 0.0769. The van der Waals surface area contributed by atoms with Gasteiger partial charge in [0, 0.05) is 10.9 Å². The minimum atomic E-state index is -1.29. The first kappa shape index (κ1) is 13.3. The van der Waals surface area contributed by atoms with Gasteiger partial charge in [0.25, 0.3) is 0 Å². The maximum Gasteiger partial charge on any atom is 0.373 e. The van der Waals surface area contributed by atoms with E-state index in [1.165, 1.54) is 11.3 Å². The van der Waals surface area contributed by atoms with E-state index < -0.39 is 17.5 Å². The van der Waals surface area contributed by atoms with Gasteiger partial charge in [-0.2, -0.15) is 4.68 Å². The molecule has 2 heterocycles. The van der Waals surface area contributed by atoms with E-state index in [0.29, 0.717) is 10.8 Å². The normalized spacial score (nSPS) is 10.7. The smallest absolute Gasteiger partial charge is 0.373 e. The van der Waals surface area contributed by atoms with Gasteiger partial charge in [-0.05, 0) is 6.92 Å². The highest BCUT2D eigenvalue weighted by molar-refractivity contribution is 7.12. The summed E-state index contributed by atoms with van der Waals surface area (Å²) in [7, 11) is 0. The molecule has 0 fully saturated rings. The number of carboxylic acid groups (broad SMARTS) is 1. The molecule has 0 atom stereocenters. The molecule has 7 nitrogen and oxygen atoms in total. The summed E-state index contributed by atoms with van der Waals surface area (Å²) in [5.41, 5.74) is 2.15. The Kier molecular flexibility index (Phi) is 3.15. The number of aryl methyl sites for hydroxylation is 1. The molecular weight excluding hydrogens is 292 g/mol. The van der Waals surface area contributed by atoms with Crippen LogP contribution in [0.3, 0.4) is 0 Å². The van der Waals surface area contributed by atoms with E-state index in [1.54, 1.807) is 5.38 Å². The van der Waals surface area contributed by atoms with E-state index >= 15 is 0 Å². The van der Waals surface area contributed by atoms with Crippen LogP contribution in [0.1, 0.15) is 16.2 Å². The molecule has 2 N–H and O–H groups in total. The molecular formula is C13H10N4O3S. The summed E-state index contributed by atoms with van der Waals surface area (Å²) in [6, 6.07) is 7.81. The highest BCUT2D eigenvalue weighted by Gasteiger charge is 2.15. The number of hydrogen-bond donors (Lipinski definition) is 2. The lowest BCUT2D eigenvalue weighted by molar-refractivity contribution is 0.0683. The lowest BCUT2D eigenvalue weighted by Crippen LogP contribution is -2.15. The van der Waals surface area contributed by atoms with Gasteiger partial charge < -0.3 is 5.11 Å². The van der Waals surface area contributed by atoms with Crippen LogP contribution in [0.15, 0.2) is 34.4 Å². The molecule has 0 saturated carbocycles. The van der Waals surface area contributed by atoms with Gasteiger partial charge in [0.1, 0.15) is 0 Å². The SMILES string of the molecule is Cc1ccc(-c2csc(-n3nc(C(=O)O)[nH]c3=O)n2)cc1. The largest absolute Gasteiger partial charge is 0.475 e. The second-order valence-corrected chi connectivity index (χ2v) is 5.21. The van der Waals surface area contributed by atoms with E-state index in [4.69, 9.17) is 5.11 Å². The van der Waals surface area contributed by atoms with Gasteiger partial charge in [-0.25, -0.2) is 14.6 Å². The lowest BCUT2D eigenvalue weighted by Gasteiger charge is -1.97. The van der Waals surface area contributed by atoms with Crippen LogP contribution >= 0.6 is 11.3 Å². The van der Waals surface area contributed by atoms with Crippen molar-refractivity contribution in [2.24, 2.45) is 0 Å².